The Hall–Kier alpha value is -1.28. The van der Waals surface area contributed by atoms with Crippen LogP contribution in [0.4, 0.5) is 0 Å². The van der Waals surface area contributed by atoms with Crippen LogP contribution in [0.5, 0.6) is 0 Å². The maximum absolute atomic E-state index is 8.00. The molecule has 70 valence electrons. The molecule has 0 amide bonds. The summed E-state index contributed by atoms with van der Waals surface area (Å²) in [6.45, 7) is 0. The Morgan fingerprint density at radius 2 is 2.00 bits per heavy atom. The van der Waals surface area contributed by atoms with Crippen LogP contribution < -0.4 is 0 Å². The van der Waals surface area contributed by atoms with E-state index in [1.54, 1.807) is 0 Å². The van der Waals surface area contributed by atoms with Crippen LogP contribution in [-0.2, 0) is 11.3 Å². The van der Waals surface area contributed by atoms with Gasteiger partial charge in [-0.15, -0.1) is 0 Å². The second-order valence-electron chi connectivity index (χ2n) is 2.86. The molecule has 0 atom stereocenters. The van der Waals surface area contributed by atoms with E-state index in [1.165, 1.54) is 11.8 Å². The van der Waals surface area contributed by atoms with Gasteiger partial charge >= 0.3 is 0 Å². The molecular formula is C11H14O2. The summed E-state index contributed by atoms with van der Waals surface area (Å²) in [5, 5.41) is 8.00. The molecule has 0 aliphatic heterocycles. The van der Waals surface area contributed by atoms with E-state index in [-0.39, 0.29) is 0 Å². The molecule has 0 saturated heterocycles. The van der Waals surface area contributed by atoms with Crippen molar-refractivity contribution in [1.82, 2.24) is 0 Å². The standard InChI is InChI=1S/C11H14O2/c12-13-10-6-2-5-9-11-7-3-1-4-8-11/h1,3-4,6-8,10,12H,2,5,9H2/b10-6+. The Morgan fingerprint density at radius 1 is 1.23 bits per heavy atom. The van der Waals surface area contributed by atoms with Crippen LogP contribution in [-0.4, -0.2) is 5.26 Å². The first-order valence-corrected chi connectivity index (χ1v) is 4.42. The summed E-state index contributed by atoms with van der Waals surface area (Å²) in [7, 11) is 0. The van der Waals surface area contributed by atoms with Gasteiger partial charge in [-0.2, -0.15) is 0 Å². The van der Waals surface area contributed by atoms with Gasteiger partial charge in [0.05, 0.1) is 0 Å². The summed E-state index contributed by atoms with van der Waals surface area (Å²) >= 11 is 0. The van der Waals surface area contributed by atoms with Crippen LogP contribution in [0.3, 0.4) is 0 Å². The molecule has 0 fully saturated rings. The average molecular weight is 178 g/mol. The Morgan fingerprint density at radius 3 is 2.69 bits per heavy atom. The summed E-state index contributed by atoms with van der Waals surface area (Å²) in [5.41, 5.74) is 1.35. The number of hydrogen-bond acceptors (Lipinski definition) is 2. The predicted molar refractivity (Wildman–Crippen MR) is 52.2 cm³/mol. The summed E-state index contributed by atoms with van der Waals surface area (Å²) in [6, 6.07) is 10.3. The van der Waals surface area contributed by atoms with Crippen molar-refractivity contribution in [3.05, 3.63) is 48.2 Å². The smallest absolute Gasteiger partial charge is 0.125 e. The highest BCUT2D eigenvalue weighted by atomic mass is 17.1. The minimum absolute atomic E-state index is 0.926. The number of benzene rings is 1. The van der Waals surface area contributed by atoms with Crippen molar-refractivity contribution in [1.29, 1.82) is 0 Å². The van der Waals surface area contributed by atoms with Crippen LogP contribution >= 0.6 is 0 Å². The fourth-order valence-corrected chi connectivity index (χ4v) is 1.18. The van der Waals surface area contributed by atoms with Gasteiger partial charge in [-0.05, 0) is 30.9 Å². The molecular weight excluding hydrogens is 164 g/mol. The van der Waals surface area contributed by atoms with Crippen LogP contribution in [0, 0.1) is 0 Å². The third-order valence-corrected chi connectivity index (χ3v) is 1.84. The number of rotatable bonds is 5. The van der Waals surface area contributed by atoms with Gasteiger partial charge in [-0.1, -0.05) is 30.3 Å². The van der Waals surface area contributed by atoms with Crippen LogP contribution in [0.15, 0.2) is 42.7 Å². The molecule has 1 aromatic rings. The highest BCUT2D eigenvalue weighted by Crippen LogP contribution is 2.04. The number of aryl methyl sites for hydroxylation is 1. The molecule has 1 N–H and O–H groups in total. The normalized spacial score (nSPS) is 10.5. The van der Waals surface area contributed by atoms with Crippen molar-refractivity contribution in [3.63, 3.8) is 0 Å². The lowest BCUT2D eigenvalue weighted by atomic mass is 10.1. The van der Waals surface area contributed by atoms with Gasteiger partial charge in [0.15, 0.2) is 0 Å². The van der Waals surface area contributed by atoms with E-state index < -0.39 is 0 Å². The summed E-state index contributed by atoms with van der Waals surface area (Å²) in [5.74, 6) is 0. The van der Waals surface area contributed by atoms with Crippen molar-refractivity contribution in [2.75, 3.05) is 0 Å². The molecule has 0 unspecified atom stereocenters. The third-order valence-electron chi connectivity index (χ3n) is 1.84. The minimum atomic E-state index is 0.926. The maximum atomic E-state index is 8.00. The van der Waals surface area contributed by atoms with Crippen LogP contribution in [0.25, 0.3) is 0 Å². The second-order valence-corrected chi connectivity index (χ2v) is 2.86. The van der Waals surface area contributed by atoms with Crippen molar-refractivity contribution in [2.24, 2.45) is 0 Å². The monoisotopic (exact) mass is 178 g/mol. The average Bonchev–Trinajstić information content (AvgIpc) is 2.19. The molecule has 0 aromatic heterocycles. The van der Waals surface area contributed by atoms with Crippen molar-refractivity contribution < 1.29 is 10.1 Å². The first-order chi connectivity index (χ1) is 6.43. The molecule has 0 heterocycles. The number of hydrogen-bond donors (Lipinski definition) is 1. The molecule has 0 aliphatic rings. The molecule has 0 spiro atoms. The molecule has 2 nitrogen and oxygen atoms in total. The molecule has 0 saturated carbocycles. The summed E-state index contributed by atoms with van der Waals surface area (Å²) in [4.78, 5) is 3.81. The quantitative estimate of drug-likeness (QED) is 0.325. The Balaban J connectivity index is 2.17. The number of unbranched alkanes of at least 4 members (excludes halogenated alkanes) is 1. The molecule has 1 aromatic carbocycles. The molecule has 13 heavy (non-hydrogen) atoms. The van der Waals surface area contributed by atoms with Crippen molar-refractivity contribution in [3.8, 4) is 0 Å². The molecule has 0 bridgehead atoms. The second kappa shape index (κ2) is 6.26. The van der Waals surface area contributed by atoms with Crippen molar-refractivity contribution in [2.45, 2.75) is 19.3 Å². The zero-order valence-corrected chi connectivity index (χ0v) is 7.52. The minimum Gasteiger partial charge on any atom is -0.349 e. The first kappa shape index (κ1) is 9.81. The fourth-order valence-electron chi connectivity index (χ4n) is 1.18. The maximum Gasteiger partial charge on any atom is 0.125 e. The SMILES string of the molecule is OO/C=C/CCCc1ccccc1. The van der Waals surface area contributed by atoms with E-state index in [0.29, 0.717) is 0 Å². The Bertz CT molecular complexity index is 242. The van der Waals surface area contributed by atoms with Gasteiger partial charge in [-0.25, -0.2) is 5.26 Å². The molecule has 2 heteroatoms. The van der Waals surface area contributed by atoms with E-state index in [1.807, 2.05) is 24.3 Å². The Kier molecular flexibility index (Phi) is 4.72. The third kappa shape index (κ3) is 4.33. The largest absolute Gasteiger partial charge is 0.349 e. The molecule has 0 radical (unpaired) electrons. The highest BCUT2D eigenvalue weighted by molar-refractivity contribution is 5.14. The lowest BCUT2D eigenvalue weighted by molar-refractivity contribution is -0.186. The van der Waals surface area contributed by atoms with E-state index >= 15 is 0 Å². The van der Waals surface area contributed by atoms with Crippen molar-refractivity contribution >= 4 is 0 Å². The van der Waals surface area contributed by atoms with E-state index in [4.69, 9.17) is 5.26 Å². The van der Waals surface area contributed by atoms with E-state index in [2.05, 4.69) is 17.0 Å². The lowest BCUT2D eigenvalue weighted by Gasteiger charge is -1.97. The van der Waals surface area contributed by atoms with Gasteiger partial charge in [0.2, 0.25) is 0 Å². The van der Waals surface area contributed by atoms with E-state index in [9.17, 15) is 0 Å². The molecule has 1 rings (SSSR count). The molecule has 0 aliphatic carbocycles. The van der Waals surface area contributed by atoms with Gasteiger partial charge in [-0.3, -0.25) is 0 Å². The number of allylic oxidation sites excluding steroid dienone is 1. The topological polar surface area (TPSA) is 29.5 Å². The summed E-state index contributed by atoms with van der Waals surface area (Å²) < 4.78 is 0. The van der Waals surface area contributed by atoms with Gasteiger partial charge in [0.25, 0.3) is 0 Å². The first-order valence-electron chi connectivity index (χ1n) is 4.42. The zero-order chi connectivity index (χ0) is 9.36. The predicted octanol–water partition coefficient (Wildman–Crippen LogP) is 3.01. The van der Waals surface area contributed by atoms with Gasteiger partial charge in [0, 0.05) is 0 Å². The lowest BCUT2D eigenvalue weighted by Crippen LogP contribution is -1.82. The zero-order valence-electron chi connectivity index (χ0n) is 7.52. The highest BCUT2D eigenvalue weighted by Gasteiger charge is 1.89. The van der Waals surface area contributed by atoms with E-state index in [0.717, 1.165) is 19.3 Å². The Labute approximate surface area is 78.4 Å². The van der Waals surface area contributed by atoms with Crippen LogP contribution in [0.2, 0.25) is 0 Å². The fraction of sp³-hybridized carbons (Fsp3) is 0.273. The van der Waals surface area contributed by atoms with Gasteiger partial charge < -0.3 is 4.89 Å². The van der Waals surface area contributed by atoms with Crippen LogP contribution in [0.1, 0.15) is 18.4 Å². The van der Waals surface area contributed by atoms with Gasteiger partial charge in [0.1, 0.15) is 6.26 Å². The summed E-state index contributed by atoms with van der Waals surface area (Å²) in [6.07, 6.45) is 6.17.